The van der Waals surface area contributed by atoms with Gasteiger partial charge in [0.15, 0.2) is 5.82 Å². The molecule has 6 heteroatoms. The molecular weight excluding hydrogens is 256 g/mol. The highest BCUT2D eigenvalue weighted by molar-refractivity contribution is 6.02. The SMILES string of the molecule is COC(=O)c1cccc2[nH]c(-c3cnc(C)cn3)nc12. The smallest absolute Gasteiger partial charge is 0.340 e. The zero-order valence-corrected chi connectivity index (χ0v) is 11.0. The van der Waals surface area contributed by atoms with E-state index in [-0.39, 0.29) is 0 Å². The maximum absolute atomic E-state index is 11.7. The Kier molecular flexibility index (Phi) is 2.90. The number of esters is 1. The summed E-state index contributed by atoms with van der Waals surface area (Å²) in [6, 6.07) is 5.30. The molecule has 0 amide bonds. The third-order valence-electron chi connectivity index (χ3n) is 2.94. The summed E-state index contributed by atoms with van der Waals surface area (Å²) in [6.07, 6.45) is 3.31. The first kappa shape index (κ1) is 12.3. The van der Waals surface area contributed by atoms with Gasteiger partial charge in [0.2, 0.25) is 0 Å². The molecule has 100 valence electrons. The number of methoxy groups -OCH3 is 1. The van der Waals surface area contributed by atoms with Gasteiger partial charge in [-0.25, -0.2) is 14.8 Å². The summed E-state index contributed by atoms with van der Waals surface area (Å²) in [5.74, 6) is 0.160. The van der Waals surface area contributed by atoms with Crippen molar-refractivity contribution in [3.63, 3.8) is 0 Å². The average molecular weight is 268 g/mol. The van der Waals surface area contributed by atoms with Gasteiger partial charge in [-0.3, -0.25) is 4.98 Å². The summed E-state index contributed by atoms with van der Waals surface area (Å²) in [7, 11) is 1.35. The lowest BCUT2D eigenvalue weighted by Crippen LogP contribution is -2.01. The van der Waals surface area contributed by atoms with Crippen molar-refractivity contribution in [3.8, 4) is 11.5 Å². The zero-order valence-electron chi connectivity index (χ0n) is 11.0. The number of aromatic amines is 1. The number of rotatable bonds is 2. The van der Waals surface area contributed by atoms with E-state index in [1.807, 2.05) is 13.0 Å². The molecule has 6 nitrogen and oxygen atoms in total. The molecule has 1 aromatic carbocycles. The molecule has 2 aromatic heterocycles. The molecular formula is C14H12N4O2. The van der Waals surface area contributed by atoms with Crippen molar-refractivity contribution < 1.29 is 9.53 Å². The van der Waals surface area contributed by atoms with Crippen molar-refractivity contribution >= 4 is 17.0 Å². The molecule has 0 aliphatic heterocycles. The van der Waals surface area contributed by atoms with Gasteiger partial charge >= 0.3 is 5.97 Å². The quantitative estimate of drug-likeness (QED) is 0.720. The van der Waals surface area contributed by atoms with Crippen LogP contribution in [0.5, 0.6) is 0 Å². The van der Waals surface area contributed by atoms with Crippen molar-refractivity contribution in [3.05, 3.63) is 41.9 Å². The van der Waals surface area contributed by atoms with E-state index in [1.54, 1.807) is 24.5 Å². The number of nitrogens with zero attached hydrogens (tertiary/aromatic N) is 3. The van der Waals surface area contributed by atoms with Crippen LogP contribution in [-0.2, 0) is 4.74 Å². The molecule has 0 spiro atoms. The molecule has 0 aliphatic rings. The Hall–Kier alpha value is -2.76. The van der Waals surface area contributed by atoms with Gasteiger partial charge in [-0.05, 0) is 19.1 Å². The number of nitrogens with one attached hydrogen (secondary N) is 1. The predicted molar refractivity (Wildman–Crippen MR) is 73.2 cm³/mol. The number of carbonyl (C=O) groups excluding carboxylic acids is 1. The predicted octanol–water partition coefficient (Wildman–Crippen LogP) is 2.11. The Morgan fingerprint density at radius 2 is 2.10 bits per heavy atom. The molecule has 0 saturated heterocycles. The summed E-state index contributed by atoms with van der Waals surface area (Å²) < 4.78 is 4.75. The van der Waals surface area contributed by atoms with Crippen LogP contribution < -0.4 is 0 Å². The number of aromatic nitrogens is 4. The lowest BCUT2D eigenvalue weighted by Gasteiger charge is -1.98. The molecule has 0 fully saturated rings. The van der Waals surface area contributed by atoms with E-state index >= 15 is 0 Å². The van der Waals surface area contributed by atoms with Crippen molar-refractivity contribution in [2.45, 2.75) is 6.92 Å². The van der Waals surface area contributed by atoms with E-state index < -0.39 is 5.97 Å². The summed E-state index contributed by atoms with van der Waals surface area (Å²) in [5.41, 5.74) is 3.21. The topological polar surface area (TPSA) is 80.8 Å². The normalized spacial score (nSPS) is 10.7. The zero-order chi connectivity index (χ0) is 14.1. The lowest BCUT2D eigenvalue weighted by molar-refractivity contribution is 0.0603. The summed E-state index contributed by atoms with van der Waals surface area (Å²) in [5, 5.41) is 0. The second-order valence-electron chi connectivity index (χ2n) is 4.32. The molecule has 0 radical (unpaired) electrons. The van der Waals surface area contributed by atoms with Crippen LogP contribution in [0, 0.1) is 6.92 Å². The molecule has 3 aromatic rings. The molecule has 2 heterocycles. The van der Waals surface area contributed by atoms with Crippen molar-refractivity contribution in [2.24, 2.45) is 0 Å². The monoisotopic (exact) mass is 268 g/mol. The Bertz CT molecular complexity index is 777. The number of hydrogen-bond acceptors (Lipinski definition) is 5. The molecule has 0 saturated carbocycles. The number of carbonyl (C=O) groups is 1. The van der Waals surface area contributed by atoms with Gasteiger partial charge < -0.3 is 9.72 Å². The first-order valence-corrected chi connectivity index (χ1v) is 6.05. The van der Waals surface area contributed by atoms with Gasteiger partial charge in [-0.1, -0.05) is 6.07 Å². The fraction of sp³-hybridized carbons (Fsp3) is 0.143. The van der Waals surface area contributed by atoms with Crippen LogP contribution in [0.4, 0.5) is 0 Å². The van der Waals surface area contributed by atoms with E-state index in [2.05, 4.69) is 19.9 Å². The number of fused-ring (bicyclic) bond motifs is 1. The molecule has 0 bridgehead atoms. The van der Waals surface area contributed by atoms with E-state index in [0.717, 1.165) is 11.2 Å². The molecule has 0 aliphatic carbocycles. The number of ether oxygens (including phenoxy) is 1. The molecule has 0 atom stereocenters. The van der Waals surface area contributed by atoms with E-state index in [1.165, 1.54) is 7.11 Å². The highest BCUT2D eigenvalue weighted by atomic mass is 16.5. The van der Waals surface area contributed by atoms with Gasteiger partial charge in [0.1, 0.15) is 11.2 Å². The molecule has 0 unspecified atom stereocenters. The molecule has 1 N–H and O–H groups in total. The second-order valence-corrected chi connectivity index (χ2v) is 4.32. The van der Waals surface area contributed by atoms with Crippen LogP contribution >= 0.6 is 0 Å². The van der Waals surface area contributed by atoms with Crippen LogP contribution in [0.15, 0.2) is 30.6 Å². The number of imidazole rings is 1. The van der Waals surface area contributed by atoms with E-state index in [0.29, 0.717) is 22.6 Å². The van der Waals surface area contributed by atoms with Crippen LogP contribution in [-0.4, -0.2) is 33.0 Å². The minimum Gasteiger partial charge on any atom is -0.465 e. The van der Waals surface area contributed by atoms with Crippen LogP contribution in [0.2, 0.25) is 0 Å². The number of aryl methyl sites for hydroxylation is 1. The van der Waals surface area contributed by atoms with Crippen LogP contribution in [0.25, 0.3) is 22.6 Å². The minimum atomic E-state index is -0.413. The van der Waals surface area contributed by atoms with Gasteiger partial charge in [-0.15, -0.1) is 0 Å². The van der Waals surface area contributed by atoms with Gasteiger partial charge in [0.25, 0.3) is 0 Å². The third kappa shape index (κ3) is 2.01. The fourth-order valence-electron chi connectivity index (χ4n) is 1.94. The highest BCUT2D eigenvalue weighted by Gasteiger charge is 2.15. The Balaban J connectivity index is 2.15. The van der Waals surface area contributed by atoms with E-state index in [4.69, 9.17) is 4.74 Å². The summed E-state index contributed by atoms with van der Waals surface area (Å²) in [6.45, 7) is 1.87. The molecule has 20 heavy (non-hydrogen) atoms. The maximum atomic E-state index is 11.7. The van der Waals surface area contributed by atoms with Gasteiger partial charge in [0.05, 0.1) is 30.1 Å². The number of benzene rings is 1. The standard InChI is InChI=1S/C14H12N4O2/c1-8-6-16-11(7-15-8)13-17-10-5-3-4-9(12(10)18-13)14(19)20-2/h3-7H,1-2H3,(H,17,18). The highest BCUT2D eigenvalue weighted by Crippen LogP contribution is 2.21. The second kappa shape index (κ2) is 4.73. The Morgan fingerprint density at radius 1 is 1.25 bits per heavy atom. The molecule has 3 rings (SSSR count). The largest absolute Gasteiger partial charge is 0.465 e. The first-order chi connectivity index (χ1) is 9.69. The van der Waals surface area contributed by atoms with Crippen LogP contribution in [0.1, 0.15) is 16.1 Å². The Morgan fingerprint density at radius 3 is 2.80 bits per heavy atom. The van der Waals surface area contributed by atoms with Crippen molar-refractivity contribution in [1.29, 1.82) is 0 Å². The number of hydrogen-bond donors (Lipinski definition) is 1. The van der Waals surface area contributed by atoms with Crippen LogP contribution in [0.3, 0.4) is 0 Å². The average Bonchev–Trinajstić information content (AvgIpc) is 2.91. The number of para-hydroxylation sites is 1. The first-order valence-electron chi connectivity index (χ1n) is 6.05. The summed E-state index contributed by atoms with van der Waals surface area (Å²) in [4.78, 5) is 27.7. The van der Waals surface area contributed by atoms with Crippen molar-refractivity contribution in [1.82, 2.24) is 19.9 Å². The van der Waals surface area contributed by atoms with Gasteiger partial charge in [0, 0.05) is 6.20 Å². The summed E-state index contributed by atoms with van der Waals surface area (Å²) >= 11 is 0. The minimum absolute atomic E-state index is 0.413. The third-order valence-corrected chi connectivity index (χ3v) is 2.94. The fourth-order valence-corrected chi connectivity index (χ4v) is 1.94. The maximum Gasteiger partial charge on any atom is 0.340 e. The van der Waals surface area contributed by atoms with Gasteiger partial charge in [-0.2, -0.15) is 0 Å². The number of H-pyrrole nitrogens is 1. The lowest BCUT2D eigenvalue weighted by atomic mass is 10.2. The van der Waals surface area contributed by atoms with Crippen molar-refractivity contribution in [2.75, 3.05) is 7.11 Å². The van der Waals surface area contributed by atoms with E-state index in [9.17, 15) is 4.79 Å². The Labute approximate surface area is 114 Å².